The molecule has 6 nitrogen and oxygen atoms in total. The van der Waals surface area contributed by atoms with Gasteiger partial charge in [0.15, 0.2) is 6.29 Å². The van der Waals surface area contributed by atoms with Gasteiger partial charge in [-0.3, -0.25) is 9.69 Å². The van der Waals surface area contributed by atoms with Crippen molar-refractivity contribution in [3.05, 3.63) is 0 Å². The van der Waals surface area contributed by atoms with E-state index in [1.54, 1.807) is 6.92 Å². The number of likely N-dealkylation sites (N-methyl/N-ethyl adjacent to an activating group) is 1. The standard InChI is InChI=1S/C14H26N2O4/c1-5-19-10(3)20-8-11-6-13(9(2)18)16(4)14(11)12(15)7-17/h7,10-14H,5-6,8,15H2,1-4H3. The van der Waals surface area contributed by atoms with E-state index in [4.69, 9.17) is 15.2 Å². The van der Waals surface area contributed by atoms with Crippen LogP contribution in [0.2, 0.25) is 0 Å². The molecule has 1 saturated heterocycles. The van der Waals surface area contributed by atoms with Crippen LogP contribution in [0, 0.1) is 5.92 Å². The maximum Gasteiger partial charge on any atom is 0.154 e. The summed E-state index contributed by atoms with van der Waals surface area (Å²) in [6.45, 7) is 6.32. The van der Waals surface area contributed by atoms with Gasteiger partial charge in [-0.15, -0.1) is 0 Å². The van der Waals surface area contributed by atoms with E-state index in [-0.39, 0.29) is 30.1 Å². The molecule has 0 radical (unpaired) electrons. The van der Waals surface area contributed by atoms with Crippen LogP contribution in [0.5, 0.6) is 0 Å². The smallest absolute Gasteiger partial charge is 0.154 e. The topological polar surface area (TPSA) is 81.9 Å². The quantitative estimate of drug-likeness (QED) is 0.507. The Balaban J connectivity index is 2.70. The van der Waals surface area contributed by atoms with Gasteiger partial charge < -0.3 is 20.0 Å². The van der Waals surface area contributed by atoms with Crippen LogP contribution in [0.3, 0.4) is 0 Å². The molecule has 0 aliphatic carbocycles. The highest BCUT2D eigenvalue weighted by Crippen LogP contribution is 2.31. The van der Waals surface area contributed by atoms with E-state index in [1.165, 1.54) is 0 Å². The largest absolute Gasteiger partial charge is 0.353 e. The summed E-state index contributed by atoms with van der Waals surface area (Å²) >= 11 is 0. The Hall–Kier alpha value is -0.820. The first-order valence-electron chi connectivity index (χ1n) is 7.08. The van der Waals surface area contributed by atoms with Gasteiger partial charge in [0.2, 0.25) is 0 Å². The highest BCUT2D eigenvalue weighted by molar-refractivity contribution is 5.82. The van der Waals surface area contributed by atoms with E-state index in [1.807, 2.05) is 25.8 Å². The molecule has 0 aromatic rings. The molecule has 1 aliphatic heterocycles. The van der Waals surface area contributed by atoms with Crippen molar-refractivity contribution < 1.29 is 19.1 Å². The highest BCUT2D eigenvalue weighted by Gasteiger charge is 2.43. The van der Waals surface area contributed by atoms with Crippen LogP contribution in [0.15, 0.2) is 0 Å². The molecule has 1 heterocycles. The fourth-order valence-electron chi connectivity index (χ4n) is 2.96. The molecule has 6 heteroatoms. The van der Waals surface area contributed by atoms with Crippen LogP contribution < -0.4 is 5.73 Å². The van der Waals surface area contributed by atoms with E-state index >= 15 is 0 Å². The number of ketones is 1. The molecule has 0 saturated carbocycles. The van der Waals surface area contributed by atoms with E-state index in [0.29, 0.717) is 19.6 Å². The van der Waals surface area contributed by atoms with Gasteiger partial charge in [-0.2, -0.15) is 0 Å². The Morgan fingerprint density at radius 3 is 2.65 bits per heavy atom. The van der Waals surface area contributed by atoms with E-state index < -0.39 is 6.04 Å². The zero-order valence-electron chi connectivity index (χ0n) is 12.7. The van der Waals surface area contributed by atoms with E-state index in [2.05, 4.69) is 0 Å². The number of nitrogens with zero attached hydrogens (tertiary/aromatic N) is 1. The number of aldehydes is 1. The molecule has 0 spiro atoms. The van der Waals surface area contributed by atoms with Crippen LogP contribution in [-0.2, 0) is 19.1 Å². The number of rotatable bonds is 8. The molecule has 116 valence electrons. The first-order chi connectivity index (χ1) is 9.42. The summed E-state index contributed by atoms with van der Waals surface area (Å²) in [6.07, 6.45) is 1.11. The SMILES string of the molecule is CCOC(C)OCC1CC(C(C)=O)N(C)C1C(N)C=O. The molecular weight excluding hydrogens is 260 g/mol. The molecule has 5 atom stereocenters. The van der Waals surface area contributed by atoms with Crippen LogP contribution in [0.25, 0.3) is 0 Å². The fourth-order valence-corrected chi connectivity index (χ4v) is 2.96. The van der Waals surface area contributed by atoms with Gasteiger partial charge in [0.25, 0.3) is 0 Å². The lowest BCUT2D eigenvalue weighted by Gasteiger charge is -2.29. The van der Waals surface area contributed by atoms with Crippen molar-refractivity contribution in [3.8, 4) is 0 Å². The minimum absolute atomic E-state index is 0.0528. The number of nitrogens with two attached hydrogens (primary N) is 1. The van der Waals surface area contributed by atoms with E-state index in [0.717, 1.165) is 6.29 Å². The second kappa shape index (κ2) is 7.83. The molecule has 5 unspecified atom stereocenters. The monoisotopic (exact) mass is 286 g/mol. The Kier molecular flexibility index (Phi) is 6.75. The van der Waals surface area contributed by atoms with Crippen LogP contribution in [-0.4, -0.2) is 61.6 Å². The van der Waals surface area contributed by atoms with Crippen molar-refractivity contribution in [2.45, 2.75) is 51.6 Å². The number of hydrogen-bond donors (Lipinski definition) is 1. The molecule has 2 N–H and O–H groups in total. The van der Waals surface area contributed by atoms with Crippen molar-refractivity contribution in [1.29, 1.82) is 0 Å². The highest BCUT2D eigenvalue weighted by atomic mass is 16.7. The van der Waals surface area contributed by atoms with Crippen molar-refractivity contribution in [2.75, 3.05) is 20.3 Å². The number of hydrogen-bond acceptors (Lipinski definition) is 6. The van der Waals surface area contributed by atoms with Gasteiger partial charge in [-0.1, -0.05) is 0 Å². The third-order valence-electron chi connectivity index (χ3n) is 3.94. The summed E-state index contributed by atoms with van der Waals surface area (Å²) in [5, 5.41) is 0. The van der Waals surface area contributed by atoms with Crippen molar-refractivity contribution in [1.82, 2.24) is 4.90 Å². The van der Waals surface area contributed by atoms with E-state index in [9.17, 15) is 9.59 Å². The zero-order valence-corrected chi connectivity index (χ0v) is 12.7. The lowest BCUT2D eigenvalue weighted by Crippen LogP contribution is -2.50. The van der Waals surface area contributed by atoms with Crippen LogP contribution in [0.4, 0.5) is 0 Å². The maximum absolute atomic E-state index is 11.7. The first kappa shape index (κ1) is 17.2. The van der Waals surface area contributed by atoms with Crippen LogP contribution >= 0.6 is 0 Å². The third kappa shape index (κ3) is 4.09. The molecular formula is C14H26N2O4. The summed E-state index contributed by atoms with van der Waals surface area (Å²) in [5.41, 5.74) is 5.88. The number of Topliss-reactive ketones (excluding diaryl/α,β-unsaturated/α-hetero) is 1. The number of carbonyl (C=O) groups excluding carboxylic acids is 2. The summed E-state index contributed by atoms with van der Waals surface area (Å²) in [6, 6.07) is -0.974. The average molecular weight is 286 g/mol. The van der Waals surface area contributed by atoms with Crippen molar-refractivity contribution in [2.24, 2.45) is 11.7 Å². The minimum atomic E-state index is -0.611. The van der Waals surface area contributed by atoms with Crippen molar-refractivity contribution >= 4 is 12.1 Å². The molecule has 0 amide bonds. The van der Waals surface area contributed by atoms with Gasteiger partial charge in [-0.05, 0) is 34.2 Å². The molecule has 0 aromatic carbocycles. The van der Waals surface area contributed by atoms with Crippen molar-refractivity contribution in [3.63, 3.8) is 0 Å². The van der Waals surface area contributed by atoms with Gasteiger partial charge in [0.1, 0.15) is 12.1 Å². The first-order valence-corrected chi connectivity index (χ1v) is 7.08. The summed E-state index contributed by atoms with van der Waals surface area (Å²) in [4.78, 5) is 24.6. The Labute approximate surface area is 120 Å². The maximum atomic E-state index is 11.7. The predicted octanol–water partition coefficient (Wildman–Crippen LogP) is 0.190. The molecule has 1 rings (SSSR count). The third-order valence-corrected chi connectivity index (χ3v) is 3.94. The summed E-state index contributed by atoms with van der Waals surface area (Å²) < 4.78 is 11.0. The molecule has 1 fully saturated rings. The zero-order chi connectivity index (χ0) is 15.3. The Morgan fingerprint density at radius 1 is 1.50 bits per heavy atom. The second-order valence-electron chi connectivity index (χ2n) is 5.35. The van der Waals surface area contributed by atoms with Gasteiger partial charge >= 0.3 is 0 Å². The fraction of sp³-hybridized carbons (Fsp3) is 0.857. The Bertz CT molecular complexity index is 337. The molecule has 20 heavy (non-hydrogen) atoms. The lowest BCUT2D eigenvalue weighted by atomic mass is 9.94. The van der Waals surface area contributed by atoms with Gasteiger partial charge in [0, 0.05) is 18.6 Å². The molecule has 0 bridgehead atoms. The van der Waals surface area contributed by atoms with Gasteiger partial charge in [0.05, 0.1) is 18.7 Å². The number of likely N-dealkylation sites (tertiary alicyclic amines) is 1. The summed E-state index contributed by atoms with van der Waals surface area (Å²) in [5.74, 6) is 0.146. The number of ether oxygens (including phenoxy) is 2. The average Bonchev–Trinajstić information content (AvgIpc) is 2.73. The Morgan fingerprint density at radius 2 is 2.15 bits per heavy atom. The predicted molar refractivity (Wildman–Crippen MR) is 75.2 cm³/mol. The molecule has 0 aromatic heterocycles. The number of carbonyl (C=O) groups is 2. The second-order valence-corrected chi connectivity index (χ2v) is 5.35. The molecule has 1 aliphatic rings. The minimum Gasteiger partial charge on any atom is -0.353 e. The lowest BCUT2D eigenvalue weighted by molar-refractivity contribution is -0.137. The summed E-state index contributed by atoms with van der Waals surface area (Å²) in [7, 11) is 1.84. The normalized spacial score (nSPS) is 30.1. The van der Waals surface area contributed by atoms with Crippen LogP contribution in [0.1, 0.15) is 27.2 Å². The van der Waals surface area contributed by atoms with Gasteiger partial charge in [-0.25, -0.2) is 0 Å².